The lowest BCUT2D eigenvalue weighted by Crippen LogP contribution is -2.33. The predicted molar refractivity (Wildman–Crippen MR) is 72.3 cm³/mol. The lowest BCUT2D eigenvalue weighted by atomic mass is 9.88. The molecule has 0 aliphatic carbocycles. The molecule has 98 valence electrons. The standard InChI is InChI=1S/C13H28ClNO/c1-12(2,3)16-10-9-15-11-13(4,5)7-6-8-14/h15H,6-11H2,1-5H3. The lowest BCUT2D eigenvalue weighted by molar-refractivity contribution is -0.00140. The van der Waals surface area contributed by atoms with Crippen LogP contribution in [0.4, 0.5) is 0 Å². The molecule has 0 aromatic rings. The van der Waals surface area contributed by atoms with Crippen LogP contribution in [-0.2, 0) is 4.74 Å². The molecule has 0 saturated heterocycles. The third-order valence-electron chi connectivity index (χ3n) is 2.40. The Labute approximate surface area is 106 Å². The van der Waals surface area contributed by atoms with Crippen molar-refractivity contribution in [2.45, 2.75) is 53.1 Å². The minimum absolute atomic E-state index is 0.0319. The lowest BCUT2D eigenvalue weighted by Gasteiger charge is -2.25. The van der Waals surface area contributed by atoms with Crippen molar-refractivity contribution in [3.63, 3.8) is 0 Å². The van der Waals surface area contributed by atoms with Gasteiger partial charge in [-0.2, -0.15) is 0 Å². The molecule has 0 saturated carbocycles. The maximum atomic E-state index is 5.70. The number of ether oxygens (including phenoxy) is 1. The molecule has 0 fully saturated rings. The van der Waals surface area contributed by atoms with E-state index in [9.17, 15) is 0 Å². The summed E-state index contributed by atoms with van der Waals surface area (Å²) in [5.41, 5.74) is 0.298. The van der Waals surface area contributed by atoms with Gasteiger partial charge in [-0.3, -0.25) is 0 Å². The molecule has 0 rings (SSSR count). The molecule has 16 heavy (non-hydrogen) atoms. The van der Waals surface area contributed by atoms with Crippen molar-refractivity contribution in [1.29, 1.82) is 0 Å². The maximum absolute atomic E-state index is 5.70. The Hall–Kier alpha value is 0.210. The van der Waals surface area contributed by atoms with Crippen molar-refractivity contribution >= 4 is 11.6 Å². The zero-order chi connectivity index (χ0) is 12.7. The first-order valence-electron chi connectivity index (χ1n) is 6.17. The Morgan fingerprint density at radius 1 is 1.12 bits per heavy atom. The first-order valence-corrected chi connectivity index (χ1v) is 6.71. The first kappa shape index (κ1) is 16.2. The Kier molecular flexibility index (Phi) is 7.62. The molecule has 0 amide bonds. The minimum Gasteiger partial charge on any atom is -0.375 e. The van der Waals surface area contributed by atoms with Gasteiger partial charge in [0, 0.05) is 19.0 Å². The van der Waals surface area contributed by atoms with Gasteiger partial charge >= 0.3 is 0 Å². The highest BCUT2D eigenvalue weighted by Crippen LogP contribution is 2.21. The molecule has 0 aromatic heterocycles. The summed E-state index contributed by atoms with van der Waals surface area (Å²) in [7, 11) is 0. The number of nitrogens with one attached hydrogen (secondary N) is 1. The fraction of sp³-hybridized carbons (Fsp3) is 1.00. The van der Waals surface area contributed by atoms with Crippen LogP contribution in [0.15, 0.2) is 0 Å². The third kappa shape index (κ3) is 10.7. The summed E-state index contributed by atoms with van der Waals surface area (Å²) in [6.07, 6.45) is 2.26. The molecule has 0 radical (unpaired) electrons. The van der Waals surface area contributed by atoms with Gasteiger partial charge in [0.15, 0.2) is 0 Å². The summed E-state index contributed by atoms with van der Waals surface area (Å²) in [6.45, 7) is 13.5. The summed E-state index contributed by atoms with van der Waals surface area (Å²) in [5.74, 6) is 0.760. The van der Waals surface area contributed by atoms with E-state index in [1.165, 1.54) is 6.42 Å². The SMILES string of the molecule is CC(C)(CCCCl)CNCCOC(C)(C)C. The molecule has 0 unspecified atom stereocenters. The summed E-state index contributed by atoms with van der Waals surface area (Å²) >= 11 is 5.70. The van der Waals surface area contributed by atoms with Crippen LogP contribution < -0.4 is 5.32 Å². The van der Waals surface area contributed by atoms with Crippen LogP contribution in [0.5, 0.6) is 0 Å². The van der Waals surface area contributed by atoms with Crippen LogP contribution in [0.1, 0.15) is 47.5 Å². The molecular formula is C13H28ClNO. The van der Waals surface area contributed by atoms with E-state index in [0.717, 1.165) is 32.0 Å². The van der Waals surface area contributed by atoms with Gasteiger partial charge in [0.25, 0.3) is 0 Å². The number of halogens is 1. The van der Waals surface area contributed by atoms with Gasteiger partial charge in [-0.1, -0.05) is 13.8 Å². The first-order chi connectivity index (χ1) is 7.27. The predicted octanol–water partition coefficient (Wildman–Crippen LogP) is 3.44. The second-order valence-electron chi connectivity index (χ2n) is 6.09. The molecule has 0 atom stereocenters. The molecule has 0 aromatic carbocycles. The van der Waals surface area contributed by atoms with Crippen LogP contribution >= 0.6 is 11.6 Å². The van der Waals surface area contributed by atoms with E-state index in [1.807, 2.05) is 0 Å². The molecule has 0 aliphatic rings. The monoisotopic (exact) mass is 249 g/mol. The van der Waals surface area contributed by atoms with E-state index < -0.39 is 0 Å². The van der Waals surface area contributed by atoms with E-state index in [4.69, 9.17) is 16.3 Å². The van der Waals surface area contributed by atoms with Gasteiger partial charge in [0.2, 0.25) is 0 Å². The fourth-order valence-electron chi connectivity index (χ4n) is 1.49. The number of rotatable bonds is 8. The Bertz CT molecular complexity index is 175. The molecule has 1 N–H and O–H groups in total. The van der Waals surface area contributed by atoms with Crippen molar-refractivity contribution in [3.8, 4) is 0 Å². The summed E-state index contributed by atoms with van der Waals surface area (Å²) in [6, 6.07) is 0. The van der Waals surface area contributed by atoms with Crippen molar-refractivity contribution < 1.29 is 4.74 Å². The van der Waals surface area contributed by atoms with Crippen LogP contribution in [0.25, 0.3) is 0 Å². The van der Waals surface area contributed by atoms with E-state index in [-0.39, 0.29) is 5.60 Å². The van der Waals surface area contributed by atoms with Gasteiger partial charge < -0.3 is 10.1 Å². The summed E-state index contributed by atoms with van der Waals surface area (Å²) < 4.78 is 5.64. The Balaban J connectivity index is 3.50. The van der Waals surface area contributed by atoms with Crippen molar-refractivity contribution in [3.05, 3.63) is 0 Å². The highest BCUT2D eigenvalue weighted by atomic mass is 35.5. The van der Waals surface area contributed by atoms with Gasteiger partial charge in [0.05, 0.1) is 12.2 Å². The zero-order valence-corrected chi connectivity index (χ0v) is 12.3. The van der Waals surface area contributed by atoms with Gasteiger partial charge in [0.1, 0.15) is 0 Å². The van der Waals surface area contributed by atoms with Crippen LogP contribution in [-0.4, -0.2) is 31.2 Å². The van der Waals surface area contributed by atoms with Crippen LogP contribution in [0.3, 0.4) is 0 Å². The Morgan fingerprint density at radius 3 is 2.25 bits per heavy atom. The molecule has 0 spiro atoms. The number of hydrogen-bond acceptors (Lipinski definition) is 2. The number of alkyl halides is 1. The smallest absolute Gasteiger partial charge is 0.0599 e. The maximum Gasteiger partial charge on any atom is 0.0599 e. The average Bonchev–Trinajstić information content (AvgIpc) is 2.12. The van der Waals surface area contributed by atoms with Crippen LogP contribution in [0.2, 0.25) is 0 Å². The topological polar surface area (TPSA) is 21.3 Å². The van der Waals surface area contributed by atoms with E-state index in [0.29, 0.717) is 5.41 Å². The normalized spacial score (nSPS) is 13.1. The van der Waals surface area contributed by atoms with E-state index in [1.54, 1.807) is 0 Å². The van der Waals surface area contributed by atoms with Gasteiger partial charge in [-0.15, -0.1) is 11.6 Å². The van der Waals surface area contributed by atoms with Gasteiger partial charge in [-0.25, -0.2) is 0 Å². The summed E-state index contributed by atoms with van der Waals surface area (Å²) in [5, 5.41) is 3.44. The van der Waals surface area contributed by atoms with Crippen LogP contribution in [0, 0.1) is 5.41 Å². The Morgan fingerprint density at radius 2 is 1.75 bits per heavy atom. The molecule has 3 heteroatoms. The van der Waals surface area contributed by atoms with Gasteiger partial charge in [-0.05, 0) is 39.0 Å². The second-order valence-corrected chi connectivity index (χ2v) is 6.47. The average molecular weight is 250 g/mol. The fourth-order valence-corrected chi connectivity index (χ4v) is 1.62. The quantitative estimate of drug-likeness (QED) is 0.526. The van der Waals surface area contributed by atoms with E-state index in [2.05, 4.69) is 39.9 Å². The van der Waals surface area contributed by atoms with Crippen molar-refractivity contribution in [2.24, 2.45) is 5.41 Å². The zero-order valence-electron chi connectivity index (χ0n) is 11.5. The van der Waals surface area contributed by atoms with Crippen molar-refractivity contribution in [2.75, 3.05) is 25.6 Å². The number of hydrogen-bond donors (Lipinski definition) is 1. The molecule has 0 heterocycles. The second kappa shape index (κ2) is 7.52. The summed E-state index contributed by atoms with van der Waals surface area (Å²) in [4.78, 5) is 0. The molecule has 0 aliphatic heterocycles. The van der Waals surface area contributed by atoms with Crippen molar-refractivity contribution in [1.82, 2.24) is 5.32 Å². The molecule has 0 bridgehead atoms. The largest absolute Gasteiger partial charge is 0.375 e. The third-order valence-corrected chi connectivity index (χ3v) is 2.67. The molecular weight excluding hydrogens is 222 g/mol. The van der Waals surface area contributed by atoms with E-state index >= 15 is 0 Å². The minimum atomic E-state index is -0.0319. The molecule has 2 nitrogen and oxygen atoms in total. The highest BCUT2D eigenvalue weighted by molar-refractivity contribution is 6.17. The highest BCUT2D eigenvalue weighted by Gasteiger charge is 2.16.